The Morgan fingerprint density at radius 1 is 1.14 bits per heavy atom. The van der Waals surface area contributed by atoms with E-state index < -0.39 is 13.2 Å². The van der Waals surface area contributed by atoms with Gasteiger partial charge in [0.15, 0.2) is 0 Å². The Balaban J connectivity index is 1.89. The van der Waals surface area contributed by atoms with Gasteiger partial charge in [-0.1, -0.05) is 24.3 Å². The number of aliphatic imine (C=N–C) groups is 1. The number of nitrogens with zero attached hydrogens (tertiary/aromatic N) is 2. The molecule has 0 aromatic heterocycles. The van der Waals surface area contributed by atoms with Crippen LogP contribution in [0.15, 0.2) is 59.2 Å². The number of carbonyl (C=O) groups excluding carboxylic acids is 1. The summed E-state index contributed by atoms with van der Waals surface area (Å²) in [6.45, 7) is 0. The zero-order chi connectivity index (χ0) is 20.3. The van der Waals surface area contributed by atoms with E-state index >= 15 is 0 Å². The zero-order valence-electron chi connectivity index (χ0n) is 15.3. The number of carbonyl (C=O) groups is 1. The van der Waals surface area contributed by atoms with Crippen LogP contribution in [0.3, 0.4) is 0 Å². The number of likely N-dealkylation sites (N-methyl/N-ethyl adjacent to an activating group) is 1. The number of hydrogen-bond acceptors (Lipinski definition) is 4. The van der Waals surface area contributed by atoms with E-state index in [1.807, 2.05) is 24.3 Å². The first kappa shape index (κ1) is 19.3. The van der Waals surface area contributed by atoms with Crippen molar-refractivity contribution in [2.45, 2.75) is 0 Å². The minimum Gasteiger partial charge on any atom is -0.508 e. The SMILES string of the molecule is COc1ccc(/C=C/C2=NC(=C/c3ccc(O)cc3B(F)F)/C(=O)N2C)cc1. The summed E-state index contributed by atoms with van der Waals surface area (Å²) >= 11 is 0. The Bertz CT molecular complexity index is 985. The molecule has 1 amide bonds. The average molecular weight is 382 g/mol. The molecule has 0 atom stereocenters. The summed E-state index contributed by atoms with van der Waals surface area (Å²) < 4.78 is 31.5. The lowest BCUT2D eigenvalue weighted by atomic mass is 9.81. The molecule has 0 aliphatic carbocycles. The molecule has 1 aliphatic rings. The van der Waals surface area contributed by atoms with Gasteiger partial charge in [-0.2, -0.15) is 0 Å². The highest BCUT2D eigenvalue weighted by molar-refractivity contribution is 6.61. The highest BCUT2D eigenvalue weighted by Gasteiger charge is 2.27. The summed E-state index contributed by atoms with van der Waals surface area (Å²) in [5.74, 6) is 0.461. The van der Waals surface area contributed by atoms with Gasteiger partial charge < -0.3 is 9.84 Å². The number of hydrogen-bond donors (Lipinski definition) is 1. The predicted molar refractivity (Wildman–Crippen MR) is 106 cm³/mol. The summed E-state index contributed by atoms with van der Waals surface area (Å²) in [7, 11) is 0.359. The molecule has 0 saturated heterocycles. The molecular formula is C20H17BF2N2O3. The van der Waals surface area contributed by atoms with Crippen LogP contribution in [0.2, 0.25) is 0 Å². The van der Waals surface area contributed by atoms with Crippen LogP contribution in [0.1, 0.15) is 11.1 Å². The van der Waals surface area contributed by atoms with Crippen LogP contribution in [0.5, 0.6) is 11.5 Å². The standard InChI is InChI=1S/C20H17BF2N2O3/c1-25-19(10-5-13-3-8-16(28-2)9-4-13)24-18(20(25)27)11-14-6-7-15(26)12-17(14)21(22)23/h3-12,26H,1-2H3/b10-5+,18-11+. The van der Waals surface area contributed by atoms with Crippen LogP contribution in [0.4, 0.5) is 8.63 Å². The molecule has 0 bridgehead atoms. The maximum Gasteiger partial charge on any atom is 0.572 e. The zero-order valence-corrected chi connectivity index (χ0v) is 15.3. The molecular weight excluding hydrogens is 365 g/mol. The molecule has 0 saturated carbocycles. The minimum atomic E-state index is -2.79. The van der Waals surface area contributed by atoms with E-state index in [2.05, 4.69) is 4.99 Å². The molecule has 2 aromatic carbocycles. The Morgan fingerprint density at radius 2 is 1.86 bits per heavy atom. The fourth-order valence-electron chi connectivity index (χ4n) is 2.68. The number of phenols is 1. The van der Waals surface area contributed by atoms with Crippen molar-refractivity contribution >= 4 is 36.6 Å². The first-order valence-corrected chi connectivity index (χ1v) is 8.40. The molecule has 3 rings (SSSR count). The quantitative estimate of drug-likeness (QED) is 0.639. The van der Waals surface area contributed by atoms with Gasteiger partial charge >= 0.3 is 7.27 Å². The van der Waals surface area contributed by atoms with Gasteiger partial charge in [0.05, 0.1) is 7.11 Å². The number of amides is 1. The van der Waals surface area contributed by atoms with E-state index in [-0.39, 0.29) is 22.5 Å². The lowest BCUT2D eigenvalue weighted by Gasteiger charge is -2.08. The number of halogens is 2. The van der Waals surface area contributed by atoms with Gasteiger partial charge in [0.2, 0.25) is 0 Å². The molecule has 1 heterocycles. The summed E-state index contributed by atoms with van der Waals surface area (Å²) in [6, 6.07) is 10.9. The van der Waals surface area contributed by atoms with Gasteiger partial charge in [-0.25, -0.2) is 4.99 Å². The minimum absolute atomic E-state index is 0.0458. The molecule has 28 heavy (non-hydrogen) atoms. The van der Waals surface area contributed by atoms with E-state index in [0.717, 1.165) is 17.4 Å². The third-order valence-corrected chi connectivity index (χ3v) is 4.24. The maximum atomic E-state index is 13.2. The Morgan fingerprint density at radius 3 is 2.50 bits per heavy atom. The molecule has 142 valence electrons. The number of amidine groups is 1. The fourth-order valence-corrected chi connectivity index (χ4v) is 2.68. The largest absolute Gasteiger partial charge is 0.572 e. The third-order valence-electron chi connectivity index (χ3n) is 4.24. The number of benzene rings is 2. The van der Waals surface area contributed by atoms with E-state index in [0.29, 0.717) is 5.84 Å². The number of ether oxygens (including phenoxy) is 1. The Hall–Kier alpha value is -3.42. The molecule has 0 radical (unpaired) electrons. The molecule has 0 spiro atoms. The van der Waals surface area contributed by atoms with Crippen molar-refractivity contribution in [3.8, 4) is 11.5 Å². The molecule has 1 aliphatic heterocycles. The van der Waals surface area contributed by atoms with E-state index in [4.69, 9.17) is 4.74 Å². The predicted octanol–water partition coefficient (Wildman–Crippen LogP) is 2.96. The first-order valence-electron chi connectivity index (χ1n) is 8.40. The van der Waals surface area contributed by atoms with Crippen molar-refractivity contribution in [3.63, 3.8) is 0 Å². The molecule has 5 nitrogen and oxygen atoms in total. The second-order valence-corrected chi connectivity index (χ2v) is 6.08. The van der Waals surface area contributed by atoms with Gasteiger partial charge in [0, 0.05) is 12.5 Å². The van der Waals surface area contributed by atoms with Gasteiger partial charge in [0.25, 0.3) is 5.91 Å². The van der Waals surface area contributed by atoms with Crippen molar-refractivity contribution in [2.24, 2.45) is 4.99 Å². The van der Waals surface area contributed by atoms with Crippen molar-refractivity contribution in [2.75, 3.05) is 14.2 Å². The van der Waals surface area contributed by atoms with E-state index in [9.17, 15) is 18.5 Å². The van der Waals surface area contributed by atoms with Gasteiger partial charge in [-0.15, -0.1) is 0 Å². The summed E-state index contributed by atoms with van der Waals surface area (Å²) in [6.07, 6.45) is 4.76. The van der Waals surface area contributed by atoms with Crippen molar-refractivity contribution in [1.82, 2.24) is 4.90 Å². The number of aromatic hydroxyl groups is 1. The molecule has 2 aromatic rings. The topological polar surface area (TPSA) is 62.1 Å². The molecule has 0 fully saturated rings. The van der Waals surface area contributed by atoms with Crippen LogP contribution >= 0.6 is 0 Å². The molecule has 0 unspecified atom stereocenters. The summed E-state index contributed by atoms with van der Waals surface area (Å²) in [4.78, 5) is 18.0. The first-order chi connectivity index (χ1) is 13.4. The van der Waals surface area contributed by atoms with Crippen molar-refractivity contribution in [1.29, 1.82) is 0 Å². The van der Waals surface area contributed by atoms with Crippen LogP contribution in [-0.2, 0) is 4.79 Å². The summed E-state index contributed by atoms with van der Waals surface area (Å²) in [5.41, 5.74) is 0.707. The monoisotopic (exact) mass is 382 g/mol. The fraction of sp³-hybridized carbons (Fsp3) is 0.100. The maximum absolute atomic E-state index is 13.2. The Kier molecular flexibility index (Phi) is 5.58. The number of methoxy groups -OCH3 is 1. The van der Waals surface area contributed by atoms with Crippen molar-refractivity contribution < 1.29 is 23.3 Å². The lowest BCUT2D eigenvalue weighted by molar-refractivity contribution is -0.121. The Labute approximate surface area is 161 Å². The van der Waals surface area contributed by atoms with Gasteiger partial charge in [-0.3, -0.25) is 18.3 Å². The van der Waals surface area contributed by atoms with Crippen LogP contribution in [0.25, 0.3) is 12.2 Å². The molecule has 8 heteroatoms. The third kappa shape index (κ3) is 4.11. The highest BCUT2D eigenvalue weighted by Crippen LogP contribution is 2.20. The van der Waals surface area contributed by atoms with Crippen LogP contribution < -0.4 is 10.2 Å². The second-order valence-electron chi connectivity index (χ2n) is 6.08. The van der Waals surface area contributed by atoms with Gasteiger partial charge in [0.1, 0.15) is 23.0 Å². The van der Waals surface area contributed by atoms with E-state index in [1.165, 1.54) is 23.1 Å². The normalized spacial score (nSPS) is 15.4. The van der Waals surface area contributed by atoms with Gasteiger partial charge in [-0.05, 0) is 47.5 Å². The lowest BCUT2D eigenvalue weighted by Crippen LogP contribution is -2.26. The average Bonchev–Trinajstić information content (AvgIpc) is 2.95. The number of rotatable bonds is 5. The molecule has 1 N–H and O–H groups in total. The smallest absolute Gasteiger partial charge is 0.508 e. The number of phenolic OH excluding ortho intramolecular Hbond substituents is 1. The van der Waals surface area contributed by atoms with Crippen molar-refractivity contribution in [3.05, 3.63) is 65.4 Å². The van der Waals surface area contributed by atoms with Crippen LogP contribution in [-0.4, -0.2) is 43.2 Å². The highest BCUT2D eigenvalue weighted by atomic mass is 19.2. The van der Waals surface area contributed by atoms with E-state index in [1.54, 1.807) is 26.3 Å². The second kappa shape index (κ2) is 8.08. The van der Waals surface area contributed by atoms with Crippen LogP contribution in [0, 0.1) is 0 Å². The summed E-state index contributed by atoms with van der Waals surface area (Å²) in [5, 5.41) is 9.42.